The molecule has 6 heteroatoms. The fourth-order valence-corrected chi connectivity index (χ4v) is 3.76. The van der Waals surface area contributed by atoms with Gasteiger partial charge in [0.1, 0.15) is 5.75 Å². The second-order valence-electron chi connectivity index (χ2n) is 7.69. The van der Waals surface area contributed by atoms with Crippen molar-refractivity contribution in [2.24, 2.45) is 0 Å². The third-order valence-electron chi connectivity index (χ3n) is 5.47. The summed E-state index contributed by atoms with van der Waals surface area (Å²) in [5.74, 6) is 0.769. The number of anilines is 1. The number of nitrogens with one attached hydrogen (secondary N) is 1. The van der Waals surface area contributed by atoms with Gasteiger partial charge < -0.3 is 10.1 Å². The Hall–Kier alpha value is -4.19. The molecule has 4 aromatic carbocycles. The van der Waals surface area contributed by atoms with Crippen LogP contribution in [-0.4, -0.2) is 17.3 Å². The third-order valence-corrected chi connectivity index (χ3v) is 5.47. The Labute approximate surface area is 192 Å². The number of carbonyl (C=O) groups excluding carboxylic acids is 1. The number of ketones is 1. The molecule has 0 aromatic heterocycles. The van der Waals surface area contributed by atoms with E-state index in [2.05, 4.69) is 5.32 Å². The van der Waals surface area contributed by atoms with Crippen molar-refractivity contribution in [1.29, 1.82) is 0 Å². The van der Waals surface area contributed by atoms with Crippen LogP contribution in [-0.2, 0) is 0 Å². The van der Waals surface area contributed by atoms with E-state index in [9.17, 15) is 14.9 Å². The van der Waals surface area contributed by atoms with E-state index < -0.39 is 4.92 Å². The van der Waals surface area contributed by atoms with E-state index in [-0.39, 0.29) is 23.9 Å². The lowest BCUT2D eigenvalue weighted by molar-refractivity contribution is -0.384. The topological polar surface area (TPSA) is 81.5 Å². The van der Waals surface area contributed by atoms with Crippen LogP contribution in [0.1, 0.15) is 35.3 Å². The average molecular weight is 440 g/mol. The van der Waals surface area contributed by atoms with Gasteiger partial charge in [0.2, 0.25) is 0 Å². The molecule has 6 nitrogen and oxygen atoms in total. The monoisotopic (exact) mass is 440 g/mol. The van der Waals surface area contributed by atoms with E-state index >= 15 is 0 Å². The molecule has 0 amide bonds. The lowest BCUT2D eigenvalue weighted by atomic mass is 9.96. The first-order chi connectivity index (χ1) is 16.0. The van der Waals surface area contributed by atoms with Crippen molar-refractivity contribution in [2.45, 2.75) is 19.4 Å². The third kappa shape index (κ3) is 5.36. The van der Waals surface area contributed by atoms with Gasteiger partial charge in [0.15, 0.2) is 5.78 Å². The van der Waals surface area contributed by atoms with Crippen molar-refractivity contribution >= 4 is 27.9 Å². The van der Waals surface area contributed by atoms with Crippen molar-refractivity contribution in [3.05, 3.63) is 112 Å². The van der Waals surface area contributed by atoms with E-state index in [0.29, 0.717) is 17.9 Å². The quantitative estimate of drug-likeness (QED) is 0.181. The Bertz CT molecular complexity index is 1270. The number of nitro groups is 1. The minimum Gasteiger partial charge on any atom is -0.494 e. The highest BCUT2D eigenvalue weighted by Crippen LogP contribution is 2.28. The summed E-state index contributed by atoms with van der Waals surface area (Å²) in [6, 6.07) is 27.2. The molecule has 0 aliphatic heterocycles. The molecule has 0 bridgehead atoms. The molecule has 1 unspecified atom stereocenters. The van der Waals surface area contributed by atoms with Crippen LogP contribution in [0, 0.1) is 10.1 Å². The lowest BCUT2D eigenvalue weighted by Gasteiger charge is -2.20. The largest absolute Gasteiger partial charge is 0.494 e. The van der Waals surface area contributed by atoms with Crippen LogP contribution in [0.5, 0.6) is 5.75 Å². The molecule has 0 aliphatic carbocycles. The first-order valence-corrected chi connectivity index (χ1v) is 10.8. The minimum absolute atomic E-state index is 0.00838. The first-order valence-electron chi connectivity index (χ1n) is 10.8. The number of fused-ring (bicyclic) bond motifs is 1. The van der Waals surface area contributed by atoms with Gasteiger partial charge in [0, 0.05) is 29.8 Å². The number of carbonyl (C=O) groups is 1. The molecule has 33 heavy (non-hydrogen) atoms. The van der Waals surface area contributed by atoms with Gasteiger partial charge in [-0.3, -0.25) is 14.9 Å². The van der Waals surface area contributed by atoms with Crippen molar-refractivity contribution < 1.29 is 14.5 Å². The molecule has 0 aliphatic rings. The van der Waals surface area contributed by atoms with Crippen molar-refractivity contribution in [2.75, 3.05) is 11.9 Å². The lowest BCUT2D eigenvalue weighted by Crippen LogP contribution is -2.16. The molecule has 0 spiro atoms. The number of nitro benzene ring substituents is 1. The maximum Gasteiger partial charge on any atom is 0.269 e. The van der Waals surface area contributed by atoms with Crippen LogP contribution in [0.25, 0.3) is 10.8 Å². The minimum atomic E-state index is -0.434. The van der Waals surface area contributed by atoms with Crippen molar-refractivity contribution in [1.82, 2.24) is 0 Å². The molecule has 4 aromatic rings. The van der Waals surface area contributed by atoms with Gasteiger partial charge in [-0.25, -0.2) is 0 Å². The van der Waals surface area contributed by atoms with E-state index in [4.69, 9.17) is 4.74 Å². The smallest absolute Gasteiger partial charge is 0.269 e. The Morgan fingerprint density at radius 3 is 2.30 bits per heavy atom. The number of hydrogen-bond acceptors (Lipinski definition) is 5. The summed E-state index contributed by atoms with van der Waals surface area (Å²) in [6.07, 6.45) is 0.226. The highest BCUT2D eigenvalue weighted by atomic mass is 16.6. The maximum atomic E-state index is 13.2. The van der Waals surface area contributed by atoms with Gasteiger partial charge >= 0.3 is 0 Å². The molecule has 0 saturated carbocycles. The molecule has 0 fully saturated rings. The number of Topliss-reactive ketones (excluding diaryl/α,β-unsaturated/α-hetero) is 1. The number of ether oxygens (including phenoxy) is 1. The van der Waals surface area contributed by atoms with Crippen LogP contribution >= 0.6 is 0 Å². The van der Waals surface area contributed by atoms with Gasteiger partial charge in [-0.1, -0.05) is 48.5 Å². The van der Waals surface area contributed by atoms with Crippen LogP contribution in [0.2, 0.25) is 0 Å². The SMILES string of the molecule is CCOc1ccc(C(CC(=O)c2ccc3ccccc3c2)Nc2ccc([N+](=O)[O-])cc2)cc1. The normalized spacial score (nSPS) is 11.7. The second-order valence-corrected chi connectivity index (χ2v) is 7.69. The zero-order valence-corrected chi connectivity index (χ0v) is 18.2. The molecule has 1 atom stereocenters. The fourth-order valence-electron chi connectivity index (χ4n) is 3.76. The summed E-state index contributed by atoms with van der Waals surface area (Å²) in [6.45, 7) is 2.50. The Balaban J connectivity index is 1.60. The summed E-state index contributed by atoms with van der Waals surface area (Å²) in [5, 5.41) is 16.4. The van der Waals surface area contributed by atoms with Crippen molar-refractivity contribution in [3.8, 4) is 5.75 Å². The van der Waals surface area contributed by atoms with E-state index in [0.717, 1.165) is 22.1 Å². The van der Waals surface area contributed by atoms with Gasteiger partial charge in [-0.15, -0.1) is 0 Å². The predicted octanol–water partition coefficient (Wildman–Crippen LogP) is 6.57. The highest BCUT2D eigenvalue weighted by molar-refractivity contribution is 6.00. The molecule has 166 valence electrons. The molecule has 1 N–H and O–H groups in total. The summed E-state index contributed by atoms with van der Waals surface area (Å²) in [7, 11) is 0. The molecular formula is C27H24N2O4. The second kappa shape index (κ2) is 9.96. The Morgan fingerprint density at radius 2 is 1.64 bits per heavy atom. The number of hydrogen-bond donors (Lipinski definition) is 1. The molecule has 0 heterocycles. The summed E-state index contributed by atoms with van der Waals surface area (Å²) in [4.78, 5) is 23.8. The highest BCUT2D eigenvalue weighted by Gasteiger charge is 2.18. The van der Waals surface area contributed by atoms with Crippen LogP contribution in [0.4, 0.5) is 11.4 Å². The van der Waals surface area contributed by atoms with E-state index in [1.54, 1.807) is 12.1 Å². The molecular weight excluding hydrogens is 416 g/mol. The summed E-state index contributed by atoms with van der Waals surface area (Å²) >= 11 is 0. The predicted molar refractivity (Wildman–Crippen MR) is 130 cm³/mol. The van der Waals surface area contributed by atoms with Gasteiger partial charge in [-0.05, 0) is 53.6 Å². The zero-order valence-electron chi connectivity index (χ0n) is 18.2. The van der Waals surface area contributed by atoms with Gasteiger partial charge in [0.05, 0.1) is 17.6 Å². The standard InChI is InChI=1S/C27H24N2O4/c1-2-33-25-15-9-20(10-16-25)26(28-23-11-13-24(14-12-23)29(31)32)18-27(30)22-8-7-19-5-3-4-6-21(19)17-22/h3-17,26,28H,2,18H2,1H3. The Kier molecular flexibility index (Phi) is 6.64. The van der Waals surface area contributed by atoms with E-state index in [1.807, 2.05) is 73.7 Å². The number of rotatable bonds is 9. The molecule has 0 radical (unpaired) electrons. The summed E-state index contributed by atoms with van der Waals surface area (Å²) in [5.41, 5.74) is 2.29. The van der Waals surface area contributed by atoms with Crippen LogP contribution in [0.3, 0.4) is 0 Å². The fraction of sp³-hybridized carbons (Fsp3) is 0.148. The average Bonchev–Trinajstić information content (AvgIpc) is 2.84. The van der Waals surface area contributed by atoms with Crippen LogP contribution < -0.4 is 10.1 Å². The molecule has 0 saturated heterocycles. The summed E-state index contributed by atoms with van der Waals surface area (Å²) < 4.78 is 5.53. The van der Waals surface area contributed by atoms with Crippen LogP contribution in [0.15, 0.2) is 91.0 Å². The van der Waals surface area contributed by atoms with Crippen molar-refractivity contribution in [3.63, 3.8) is 0 Å². The number of benzene rings is 4. The number of non-ortho nitro benzene ring substituents is 1. The maximum absolute atomic E-state index is 13.2. The van der Waals surface area contributed by atoms with E-state index in [1.165, 1.54) is 12.1 Å². The number of nitrogens with zero attached hydrogens (tertiary/aromatic N) is 1. The first kappa shape index (κ1) is 22.0. The zero-order chi connectivity index (χ0) is 23.2. The Morgan fingerprint density at radius 1 is 0.939 bits per heavy atom. The van der Waals surface area contributed by atoms with Gasteiger partial charge in [-0.2, -0.15) is 0 Å². The molecule has 4 rings (SSSR count). The van der Waals surface area contributed by atoms with Gasteiger partial charge in [0.25, 0.3) is 5.69 Å².